The highest BCUT2D eigenvalue weighted by atomic mass is 32.2. The number of rotatable bonds is 12. The van der Waals surface area contributed by atoms with Crippen molar-refractivity contribution < 1.29 is 19.4 Å². The van der Waals surface area contributed by atoms with Crippen LogP contribution in [0.4, 0.5) is 4.39 Å². The van der Waals surface area contributed by atoms with E-state index in [1.54, 1.807) is 6.07 Å². The lowest BCUT2D eigenvalue weighted by Crippen LogP contribution is -2.18. The zero-order chi connectivity index (χ0) is 29.0. The molecule has 1 heterocycles. The number of aliphatic hydroxyl groups is 1. The Morgan fingerprint density at radius 2 is 1.83 bits per heavy atom. The second-order valence-corrected chi connectivity index (χ2v) is 12.9. The van der Waals surface area contributed by atoms with E-state index >= 15 is 0 Å². The van der Waals surface area contributed by atoms with Crippen molar-refractivity contribution in [2.75, 3.05) is 5.75 Å². The molecule has 1 atom stereocenters. The van der Waals surface area contributed by atoms with Crippen LogP contribution in [0.15, 0.2) is 78.9 Å². The summed E-state index contributed by atoms with van der Waals surface area (Å²) in [5.74, 6) is -0.214. The number of hydrogen-bond donors (Lipinski definition) is 2. The van der Waals surface area contributed by atoms with Gasteiger partial charge in [0.15, 0.2) is 0 Å². The molecule has 1 fully saturated rings. The maximum absolute atomic E-state index is 13.7. The van der Waals surface area contributed by atoms with Crippen LogP contribution in [0.2, 0.25) is 0 Å². The standard InChI is InChI=1S/C35H36FNO3S/c1-34(2,40)30-9-4-3-7-25(30)13-17-32(41-23-35(18-19-35)22-33(38)39)27-8-5-6-24(20-27)10-15-29-16-12-26-11-14-28(36)21-31(26)37-29/h3-12,14-16,20-21,32,40H,13,17-19,22-23H2,1-2H3,(H,38,39). The van der Waals surface area contributed by atoms with E-state index in [4.69, 9.17) is 0 Å². The maximum Gasteiger partial charge on any atom is 0.303 e. The number of pyridine rings is 1. The second kappa shape index (κ2) is 12.2. The molecule has 1 aromatic heterocycles. The Hall–Kier alpha value is -3.48. The van der Waals surface area contributed by atoms with Crippen LogP contribution in [0, 0.1) is 11.2 Å². The highest BCUT2D eigenvalue weighted by Gasteiger charge is 2.44. The van der Waals surface area contributed by atoms with Crippen LogP contribution >= 0.6 is 11.8 Å². The molecule has 1 aliphatic carbocycles. The molecular formula is C35H36FNO3S. The van der Waals surface area contributed by atoms with E-state index in [1.165, 1.54) is 17.7 Å². The first-order valence-electron chi connectivity index (χ1n) is 14.1. The molecule has 1 unspecified atom stereocenters. The van der Waals surface area contributed by atoms with E-state index in [0.29, 0.717) is 5.52 Å². The number of aromatic nitrogens is 1. The summed E-state index contributed by atoms with van der Waals surface area (Å²) in [6.45, 7) is 3.63. The molecule has 4 nitrogen and oxygen atoms in total. The van der Waals surface area contributed by atoms with Gasteiger partial charge in [-0.2, -0.15) is 11.8 Å². The first-order chi connectivity index (χ1) is 19.6. The van der Waals surface area contributed by atoms with Gasteiger partial charge in [0.1, 0.15) is 5.82 Å². The number of carboxylic acids is 1. The molecule has 1 aliphatic rings. The molecule has 2 N–H and O–H groups in total. The van der Waals surface area contributed by atoms with Crippen LogP contribution in [0.1, 0.15) is 72.7 Å². The van der Waals surface area contributed by atoms with E-state index in [1.807, 2.05) is 68.1 Å². The number of nitrogens with zero attached hydrogens (tertiary/aromatic N) is 1. The van der Waals surface area contributed by atoms with Crippen LogP contribution in [0.3, 0.4) is 0 Å². The number of carboxylic acid groups (broad SMARTS) is 1. The first-order valence-corrected chi connectivity index (χ1v) is 15.1. The summed E-state index contributed by atoms with van der Waals surface area (Å²) in [6, 6.07) is 25.0. The summed E-state index contributed by atoms with van der Waals surface area (Å²) in [6.07, 6.45) is 7.79. The lowest BCUT2D eigenvalue weighted by atomic mass is 9.90. The van der Waals surface area contributed by atoms with Crippen molar-refractivity contribution in [3.05, 3.63) is 113 Å². The molecule has 212 valence electrons. The molecule has 0 amide bonds. The van der Waals surface area contributed by atoms with Gasteiger partial charge < -0.3 is 10.2 Å². The van der Waals surface area contributed by atoms with Gasteiger partial charge in [-0.3, -0.25) is 4.79 Å². The van der Waals surface area contributed by atoms with Gasteiger partial charge in [-0.05, 0) is 91.5 Å². The number of aliphatic carboxylic acids is 1. The third-order valence-electron chi connectivity index (χ3n) is 7.83. The fourth-order valence-corrected chi connectivity index (χ4v) is 6.93. The second-order valence-electron chi connectivity index (χ2n) is 11.7. The van der Waals surface area contributed by atoms with Crippen LogP contribution in [0.25, 0.3) is 23.1 Å². The SMILES string of the molecule is CC(C)(O)c1ccccc1CCC(SCC1(CC(=O)O)CC1)c1cccc(C=Cc2ccc3ccc(F)cc3n2)c1. The molecule has 0 bridgehead atoms. The summed E-state index contributed by atoms with van der Waals surface area (Å²) in [5, 5.41) is 21.2. The molecule has 5 rings (SSSR count). The summed E-state index contributed by atoms with van der Waals surface area (Å²) in [7, 11) is 0. The quantitative estimate of drug-likeness (QED) is 0.179. The molecule has 0 radical (unpaired) electrons. The summed E-state index contributed by atoms with van der Waals surface area (Å²) < 4.78 is 13.7. The van der Waals surface area contributed by atoms with Gasteiger partial charge in [0, 0.05) is 22.5 Å². The molecule has 1 saturated carbocycles. The molecule has 6 heteroatoms. The Bertz CT molecular complexity index is 1570. The number of carbonyl (C=O) groups is 1. The molecule has 41 heavy (non-hydrogen) atoms. The van der Waals surface area contributed by atoms with Gasteiger partial charge in [-0.15, -0.1) is 0 Å². The Morgan fingerprint density at radius 1 is 1.05 bits per heavy atom. The van der Waals surface area contributed by atoms with Gasteiger partial charge in [0.25, 0.3) is 0 Å². The molecule has 0 saturated heterocycles. The van der Waals surface area contributed by atoms with Crippen LogP contribution in [0.5, 0.6) is 0 Å². The average Bonchev–Trinajstić information content (AvgIpc) is 3.70. The fraction of sp³-hybridized carbons (Fsp3) is 0.314. The summed E-state index contributed by atoms with van der Waals surface area (Å²) >= 11 is 1.85. The molecular weight excluding hydrogens is 533 g/mol. The van der Waals surface area contributed by atoms with Crippen molar-refractivity contribution in [1.82, 2.24) is 4.98 Å². The highest BCUT2D eigenvalue weighted by Crippen LogP contribution is 2.53. The number of hydrogen-bond acceptors (Lipinski definition) is 4. The third-order valence-corrected chi connectivity index (χ3v) is 9.52. The van der Waals surface area contributed by atoms with Crippen molar-refractivity contribution in [2.24, 2.45) is 5.41 Å². The zero-order valence-electron chi connectivity index (χ0n) is 23.5. The lowest BCUT2D eigenvalue weighted by molar-refractivity contribution is -0.138. The van der Waals surface area contributed by atoms with Crippen molar-refractivity contribution in [1.29, 1.82) is 0 Å². The summed E-state index contributed by atoms with van der Waals surface area (Å²) in [4.78, 5) is 16.1. The van der Waals surface area contributed by atoms with Crippen molar-refractivity contribution in [2.45, 2.75) is 56.8 Å². The molecule has 0 spiro atoms. The normalized spacial score (nSPS) is 15.3. The maximum atomic E-state index is 13.7. The number of fused-ring (bicyclic) bond motifs is 1. The highest BCUT2D eigenvalue weighted by molar-refractivity contribution is 7.99. The lowest BCUT2D eigenvalue weighted by Gasteiger charge is -2.24. The van der Waals surface area contributed by atoms with Gasteiger partial charge in [0.05, 0.1) is 23.2 Å². The van der Waals surface area contributed by atoms with Crippen LogP contribution in [-0.2, 0) is 16.8 Å². The topological polar surface area (TPSA) is 70.4 Å². The number of aryl methyl sites for hydroxylation is 1. The average molecular weight is 570 g/mol. The molecule has 3 aromatic carbocycles. The Labute approximate surface area is 245 Å². The van der Waals surface area contributed by atoms with Gasteiger partial charge in [-0.25, -0.2) is 9.37 Å². The van der Waals surface area contributed by atoms with Crippen LogP contribution < -0.4 is 0 Å². The van der Waals surface area contributed by atoms with E-state index in [-0.39, 0.29) is 22.9 Å². The zero-order valence-corrected chi connectivity index (χ0v) is 24.3. The number of thioether (sulfide) groups is 1. The third kappa shape index (κ3) is 7.63. The molecule has 4 aromatic rings. The first kappa shape index (κ1) is 29.0. The monoisotopic (exact) mass is 569 g/mol. The Morgan fingerprint density at radius 3 is 2.59 bits per heavy atom. The predicted octanol–water partition coefficient (Wildman–Crippen LogP) is 8.43. The number of benzene rings is 3. The fourth-order valence-electron chi connectivity index (χ4n) is 5.36. The van der Waals surface area contributed by atoms with Gasteiger partial charge in [0.2, 0.25) is 0 Å². The number of halogens is 1. The molecule has 0 aliphatic heterocycles. The van der Waals surface area contributed by atoms with Crippen molar-refractivity contribution >= 4 is 40.8 Å². The van der Waals surface area contributed by atoms with E-state index in [0.717, 1.165) is 59.2 Å². The minimum atomic E-state index is -0.925. The Balaban J connectivity index is 1.37. The summed E-state index contributed by atoms with van der Waals surface area (Å²) in [5.41, 5.74) is 4.66. The van der Waals surface area contributed by atoms with Gasteiger partial charge >= 0.3 is 5.97 Å². The van der Waals surface area contributed by atoms with E-state index in [2.05, 4.69) is 35.3 Å². The van der Waals surface area contributed by atoms with E-state index < -0.39 is 11.6 Å². The van der Waals surface area contributed by atoms with Crippen molar-refractivity contribution in [3.8, 4) is 0 Å². The minimum Gasteiger partial charge on any atom is -0.481 e. The minimum absolute atomic E-state index is 0.0987. The van der Waals surface area contributed by atoms with Gasteiger partial charge in [-0.1, -0.05) is 60.7 Å². The smallest absolute Gasteiger partial charge is 0.303 e. The Kier molecular flexibility index (Phi) is 8.62. The van der Waals surface area contributed by atoms with Crippen molar-refractivity contribution in [3.63, 3.8) is 0 Å². The van der Waals surface area contributed by atoms with E-state index in [9.17, 15) is 19.4 Å². The predicted molar refractivity (Wildman–Crippen MR) is 166 cm³/mol. The largest absolute Gasteiger partial charge is 0.481 e. The van der Waals surface area contributed by atoms with Crippen LogP contribution in [-0.4, -0.2) is 26.9 Å².